The summed E-state index contributed by atoms with van der Waals surface area (Å²) in [5, 5.41) is 5.02. The van der Waals surface area contributed by atoms with Gasteiger partial charge in [0.15, 0.2) is 0 Å². The normalized spacial score (nSPS) is 9.78. The van der Waals surface area contributed by atoms with Crippen molar-refractivity contribution in [3.63, 3.8) is 0 Å². The van der Waals surface area contributed by atoms with Crippen LogP contribution in [0.1, 0.15) is 6.92 Å². The number of para-hydroxylation sites is 1. The van der Waals surface area contributed by atoms with Gasteiger partial charge in [0.05, 0.1) is 6.61 Å². The van der Waals surface area contributed by atoms with Crippen molar-refractivity contribution < 1.29 is 19.1 Å². The van der Waals surface area contributed by atoms with E-state index in [1.54, 1.807) is 31.2 Å². The minimum atomic E-state index is -0.616. The summed E-state index contributed by atoms with van der Waals surface area (Å²) in [5.74, 6) is 1.07. The number of nitrogens with one attached hydrogen (secondary N) is 2. The van der Waals surface area contributed by atoms with E-state index >= 15 is 0 Å². The van der Waals surface area contributed by atoms with Crippen molar-refractivity contribution in [2.75, 3.05) is 18.5 Å². The lowest BCUT2D eigenvalue weighted by molar-refractivity contribution is -0.115. The van der Waals surface area contributed by atoms with Gasteiger partial charge in [-0.3, -0.25) is 4.79 Å². The monoisotopic (exact) mass is 314 g/mol. The van der Waals surface area contributed by atoms with Crippen LogP contribution in [0.5, 0.6) is 11.5 Å². The van der Waals surface area contributed by atoms with Gasteiger partial charge in [0.25, 0.3) is 0 Å². The van der Waals surface area contributed by atoms with Gasteiger partial charge in [-0.05, 0) is 43.3 Å². The van der Waals surface area contributed by atoms with Crippen LogP contribution in [0, 0.1) is 0 Å². The summed E-state index contributed by atoms with van der Waals surface area (Å²) in [7, 11) is 0. The van der Waals surface area contributed by atoms with Crippen molar-refractivity contribution in [1.29, 1.82) is 0 Å². The van der Waals surface area contributed by atoms with Crippen molar-refractivity contribution >= 4 is 17.7 Å². The van der Waals surface area contributed by atoms with Crippen LogP contribution in [0.25, 0.3) is 0 Å². The summed E-state index contributed by atoms with van der Waals surface area (Å²) in [5.41, 5.74) is 0.612. The Kier molecular flexibility index (Phi) is 5.99. The molecule has 6 heteroatoms. The number of carbonyl (C=O) groups excluding carboxylic acids is 2. The first-order valence-electron chi connectivity index (χ1n) is 7.21. The maximum Gasteiger partial charge on any atom is 0.407 e. The third-order valence-electron chi connectivity index (χ3n) is 2.79. The van der Waals surface area contributed by atoms with Crippen LogP contribution >= 0.6 is 0 Å². The molecule has 0 atom stereocenters. The second-order valence-corrected chi connectivity index (χ2v) is 4.56. The number of benzene rings is 2. The van der Waals surface area contributed by atoms with E-state index in [1.807, 2.05) is 30.3 Å². The van der Waals surface area contributed by atoms with Gasteiger partial charge < -0.3 is 20.1 Å². The SMILES string of the molecule is CCOC(=O)NCC(=O)Nc1ccc(Oc2ccccc2)cc1. The maximum atomic E-state index is 11.7. The summed E-state index contributed by atoms with van der Waals surface area (Å²) in [6.07, 6.45) is -0.616. The molecule has 0 radical (unpaired) electrons. The fourth-order valence-corrected chi connectivity index (χ4v) is 1.77. The van der Waals surface area contributed by atoms with E-state index in [0.717, 1.165) is 5.75 Å². The Labute approximate surface area is 134 Å². The molecule has 0 aliphatic heterocycles. The highest BCUT2D eigenvalue weighted by atomic mass is 16.5. The zero-order valence-corrected chi connectivity index (χ0v) is 12.7. The van der Waals surface area contributed by atoms with E-state index in [1.165, 1.54) is 0 Å². The molecule has 0 bridgehead atoms. The molecular formula is C17H18N2O4. The number of anilines is 1. The van der Waals surface area contributed by atoms with E-state index in [9.17, 15) is 9.59 Å². The van der Waals surface area contributed by atoms with Gasteiger partial charge in [-0.1, -0.05) is 18.2 Å². The Balaban J connectivity index is 1.82. The maximum absolute atomic E-state index is 11.7. The van der Waals surface area contributed by atoms with E-state index < -0.39 is 6.09 Å². The lowest BCUT2D eigenvalue weighted by Crippen LogP contribution is -2.33. The van der Waals surface area contributed by atoms with Crippen molar-refractivity contribution in [1.82, 2.24) is 5.32 Å². The molecule has 0 aliphatic carbocycles. The van der Waals surface area contributed by atoms with E-state index in [-0.39, 0.29) is 19.1 Å². The second-order valence-electron chi connectivity index (χ2n) is 4.56. The molecule has 2 aromatic rings. The highest BCUT2D eigenvalue weighted by Crippen LogP contribution is 2.22. The van der Waals surface area contributed by atoms with Crippen LogP contribution in [0.3, 0.4) is 0 Å². The minimum absolute atomic E-state index is 0.152. The molecule has 0 saturated carbocycles. The number of hydrogen-bond donors (Lipinski definition) is 2. The van der Waals surface area contributed by atoms with Gasteiger partial charge in [0.2, 0.25) is 5.91 Å². The molecule has 0 saturated heterocycles. The first kappa shape index (κ1) is 16.4. The van der Waals surface area contributed by atoms with Gasteiger partial charge in [0, 0.05) is 5.69 Å². The Hall–Kier alpha value is -3.02. The Morgan fingerprint density at radius 1 is 0.957 bits per heavy atom. The van der Waals surface area contributed by atoms with Gasteiger partial charge in [-0.2, -0.15) is 0 Å². The van der Waals surface area contributed by atoms with Gasteiger partial charge >= 0.3 is 6.09 Å². The summed E-state index contributed by atoms with van der Waals surface area (Å²) in [6, 6.07) is 16.4. The van der Waals surface area contributed by atoms with Crippen LogP contribution in [-0.2, 0) is 9.53 Å². The fourth-order valence-electron chi connectivity index (χ4n) is 1.77. The summed E-state index contributed by atoms with van der Waals surface area (Å²) < 4.78 is 10.3. The molecule has 0 spiro atoms. The lowest BCUT2D eigenvalue weighted by atomic mass is 10.3. The molecule has 23 heavy (non-hydrogen) atoms. The quantitative estimate of drug-likeness (QED) is 0.858. The number of amides is 2. The average Bonchev–Trinajstić information content (AvgIpc) is 2.56. The smallest absolute Gasteiger partial charge is 0.407 e. The van der Waals surface area contributed by atoms with E-state index in [0.29, 0.717) is 11.4 Å². The van der Waals surface area contributed by atoms with Gasteiger partial charge in [-0.15, -0.1) is 0 Å². The standard InChI is InChI=1S/C17H18N2O4/c1-2-22-17(21)18-12-16(20)19-13-8-10-15(11-9-13)23-14-6-4-3-5-7-14/h3-11H,2,12H2,1H3,(H,18,21)(H,19,20). The number of ether oxygens (including phenoxy) is 2. The number of hydrogen-bond acceptors (Lipinski definition) is 4. The van der Waals surface area contributed by atoms with Crippen LogP contribution in [0.4, 0.5) is 10.5 Å². The average molecular weight is 314 g/mol. The number of alkyl carbamates (subject to hydrolysis) is 1. The summed E-state index contributed by atoms with van der Waals surface area (Å²) in [4.78, 5) is 22.8. The topological polar surface area (TPSA) is 76.7 Å². The number of carbonyl (C=O) groups is 2. The molecule has 0 aliphatic rings. The molecule has 2 aromatic carbocycles. The predicted molar refractivity (Wildman–Crippen MR) is 86.6 cm³/mol. The summed E-state index contributed by atoms with van der Waals surface area (Å²) >= 11 is 0. The Morgan fingerprint density at radius 2 is 1.61 bits per heavy atom. The fraction of sp³-hybridized carbons (Fsp3) is 0.176. The zero-order chi connectivity index (χ0) is 16.5. The number of rotatable bonds is 6. The molecule has 2 amide bonds. The third kappa shape index (κ3) is 5.70. The highest BCUT2D eigenvalue weighted by molar-refractivity contribution is 5.93. The molecule has 0 heterocycles. The predicted octanol–water partition coefficient (Wildman–Crippen LogP) is 3.16. The van der Waals surface area contributed by atoms with E-state index in [4.69, 9.17) is 4.74 Å². The third-order valence-corrected chi connectivity index (χ3v) is 2.79. The first-order chi connectivity index (χ1) is 11.2. The van der Waals surface area contributed by atoms with Crippen molar-refractivity contribution in [2.45, 2.75) is 6.92 Å². The van der Waals surface area contributed by atoms with Crippen LogP contribution in [0.15, 0.2) is 54.6 Å². The van der Waals surface area contributed by atoms with E-state index in [2.05, 4.69) is 15.4 Å². The molecule has 0 aromatic heterocycles. The first-order valence-corrected chi connectivity index (χ1v) is 7.21. The molecule has 120 valence electrons. The molecule has 2 rings (SSSR count). The van der Waals surface area contributed by atoms with Crippen molar-refractivity contribution in [3.05, 3.63) is 54.6 Å². The molecule has 6 nitrogen and oxygen atoms in total. The Morgan fingerprint density at radius 3 is 2.26 bits per heavy atom. The summed E-state index contributed by atoms with van der Waals surface area (Å²) in [6.45, 7) is 1.80. The Bertz CT molecular complexity index is 641. The van der Waals surface area contributed by atoms with Crippen molar-refractivity contribution in [3.8, 4) is 11.5 Å². The lowest BCUT2D eigenvalue weighted by Gasteiger charge is -2.08. The minimum Gasteiger partial charge on any atom is -0.457 e. The second kappa shape index (κ2) is 8.43. The molecule has 0 unspecified atom stereocenters. The molecule has 0 fully saturated rings. The van der Waals surface area contributed by atoms with Crippen LogP contribution in [0.2, 0.25) is 0 Å². The van der Waals surface area contributed by atoms with Gasteiger partial charge in [-0.25, -0.2) is 4.79 Å². The molecular weight excluding hydrogens is 296 g/mol. The van der Waals surface area contributed by atoms with Gasteiger partial charge in [0.1, 0.15) is 18.0 Å². The van der Waals surface area contributed by atoms with Crippen LogP contribution < -0.4 is 15.4 Å². The van der Waals surface area contributed by atoms with Crippen LogP contribution in [-0.4, -0.2) is 25.2 Å². The van der Waals surface area contributed by atoms with Crippen molar-refractivity contribution in [2.24, 2.45) is 0 Å². The largest absolute Gasteiger partial charge is 0.457 e. The zero-order valence-electron chi connectivity index (χ0n) is 12.7. The highest BCUT2D eigenvalue weighted by Gasteiger charge is 2.06. The molecule has 2 N–H and O–H groups in total.